The van der Waals surface area contributed by atoms with Crippen LogP contribution in [0.15, 0.2) is 24.3 Å². The fourth-order valence-corrected chi connectivity index (χ4v) is 2.78. The van der Waals surface area contributed by atoms with E-state index in [9.17, 15) is 8.42 Å². The molecule has 0 radical (unpaired) electrons. The molecule has 1 aliphatic rings. The van der Waals surface area contributed by atoms with Crippen LogP contribution in [0.3, 0.4) is 0 Å². The summed E-state index contributed by atoms with van der Waals surface area (Å²) in [7, 11) is -3.08. The number of benzene rings is 1. The number of hydrogen-bond donors (Lipinski definition) is 0. The fraction of sp³-hybridized carbons (Fsp3) is 0.571. The van der Waals surface area contributed by atoms with Crippen LogP contribution < -0.4 is 4.74 Å². The van der Waals surface area contributed by atoms with E-state index in [4.69, 9.17) is 4.74 Å². The molecule has 2 rings (SSSR count). The highest BCUT2D eigenvalue weighted by molar-refractivity contribution is 7.88. The van der Waals surface area contributed by atoms with E-state index in [1.165, 1.54) is 16.1 Å². The van der Waals surface area contributed by atoms with Crippen LogP contribution in [0.2, 0.25) is 0 Å². The smallest absolute Gasteiger partial charge is 0.211 e. The van der Waals surface area contributed by atoms with Crippen LogP contribution in [0.1, 0.15) is 25.8 Å². The zero-order chi connectivity index (χ0) is 14.5. The maximum Gasteiger partial charge on any atom is 0.211 e. The van der Waals surface area contributed by atoms with Gasteiger partial charge in [-0.2, -0.15) is 4.31 Å². The monoisotopic (exact) mass is 285 g/mol. The SMILES string of the molecule is CC.Cc1ccc(OC2CCN(S(C)(=O)=O)C2)cc1. The zero-order valence-corrected chi connectivity index (χ0v) is 12.9. The molecule has 0 saturated carbocycles. The van der Waals surface area contributed by atoms with Gasteiger partial charge < -0.3 is 4.74 Å². The molecular formula is C14H23NO3S. The molecule has 1 atom stereocenters. The maximum absolute atomic E-state index is 11.3. The van der Waals surface area contributed by atoms with E-state index in [0.717, 1.165) is 12.2 Å². The van der Waals surface area contributed by atoms with Crippen molar-refractivity contribution in [2.24, 2.45) is 0 Å². The Bertz CT molecular complexity index is 482. The predicted octanol–water partition coefficient (Wildman–Crippen LogP) is 2.43. The van der Waals surface area contributed by atoms with Crippen LogP contribution in [-0.2, 0) is 10.0 Å². The van der Waals surface area contributed by atoms with Gasteiger partial charge in [0, 0.05) is 6.54 Å². The van der Waals surface area contributed by atoms with Crippen molar-refractivity contribution in [3.05, 3.63) is 29.8 Å². The summed E-state index contributed by atoms with van der Waals surface area (Å²) < 4.78 is 29.9. The summed E-state index contributed by atoms with van der Waals surface area (Å²) in [5.41, 5.74) is 1.18. The second-order valence-electron chi connectivity index (χ2n) is 4.46. The van der Waals surface area contributed by atoms with Crippen LogP contribution >= 0.6 is 0 Å². The lowest BCUT2D eigenvalue weighted by Gasteiger charge is -2.15. The number of rotatable bonds is 3. The van der Waals surface area contributed by atoms with E-state index in [-0.39, 0.29) is 6.10 Å². The molecule has 0 spiro atoms. The number of nitrogens with zero attached hydrogens (tertiary/aromatic N) is 1. The van der Waals surface area contributed by atoms with Gasteiger partial charge >= 0.3 is 0 Å². The molecule has 19 heavy (non-hydrogen) atoms. The van der Waals surface area contributed by atoms with Crippen molar-refractivity contribution in [2.75, 3.05) is 19.3 Å². The van der Waals surface area contributed by atoms with Crippen molar-refractivity contribution in [3.8, 4) is 5.75 Å². The molecule has 1 aromatic carbocycles. The lowest BCUT2D eigenvalue weighted by molar-refractivity contribution is 0.215. The van der Waals surface area contributed by atoms with Gasteiger partial charge in [-0.1, -0.05) is 31.5 Å². The van der Waals surface area contributed by atoms with Crippen molar-refractivity contribution in [2.45, 2.75) is 33.3 Å². The first kappa shape index (κ1) is 16.0. The lowest BCUT2D eigenvalue weighted by Crippen LogP contribution is -2.29. The molecule has 5 heteroatoms. The van der Waals surface area contributed by atoms with E-state index >= 15 is 0 Å². The van der Waals surface area contributed by atoms with Gasteiger partial charge in [0.2, 0.25) is 10.0 Å². The summed E-state index contributed by atoms with van der Waals surface area (Å²) in [6.45, 7) is 7.02. The lowest BCUT2D eigenvalue weighted by atomic mass is 10.2. The third-order valence-electron chi connectivity index (χ3n) is 2.90. The Labute approximate surface area is 116 Å². The molecule has 0 N–H and O–H groups in total. The summed E-state index contributed by atoms with van der Waals surface area (Å²) in [5.74, 6) is 0.802. The van der Waals surface area contributed by atoms with Crippen LogP contribution in [-0.4, -0.2) is 38.2 Å². The molecular weight excluding hydrogens is 262 g/mol. The highest BCUT2D eigenvalue weighted by Gasteiger charge is 2.29. The minimum absolute atomic E-state index is 0.0348. The van der Waals surface area contributed by atoms with E-state index in [1.807, 2.05) is 45.0 Å². The normalized spacial score (nSPS) is 19.7. The number of sulfonamides is 1. The van der Waals surface area contributed by atoms with Crippen LogP contribution in [0.25, 0.3) is 0 Å². The molecule has 0 aromatic heterocycles. The summed E-state index contributed by atoms with van der Waals surface area (Å²) in [5, 5.41) is 0. The Morgan fingerprint density at radius 3 is 2.26 bits per heavy atom. The first-order valence-corrected chi connectivity index (χ1v) is 8.48. The van der Waals surface area contributed by atoms with Crippen LogP contribution in [0.4, 0.5) is 0 Å². The summed E-state index contributed by atoms with van der Waals surface area (Å²) in [6.07, 6.45) is 1.95. The number of aryl methyl sites for hydroxylation is 1. The van der Waals surface area contributed by atoms with Crippen LogP contribution in [0, 0.1) is 6.92 Å². The Morgan fingerprint density at radius 1 is 1.21 bits per heavy atom. The molecule has 1 unspecified atom stereocenters. The van der Waals surface area contributed by atoms with Gasteiger partial charge in [-0.15, -0.1) is 0 Å². The van der Waals surface area contributed by atoms with E-state index in [1.54, 1.807) is 0 Å². The predicted molar refractivity (Wildman–Crippen MR) is 78.0 cm³/mol. The Balaban J connectivity index is 0.000000861. The first-order valence-electron chi connectivity index (χ1n) is 6.63. The van der Waals surface area contributed by atoms with Gasteiger partial charge in [0.15, 0.2) is 0 Å². The summed E-state index contributed by atoms with van der Waals surface area (Å²) >= 11 is 0. The second-order valence-corrected chi connectivity index (χ2v) is 6.45. The number of hydrogen-bond acceptors (Lipinski definition) is 3. The average molecular weight is 285 g/mol. The van der Waals surface area contributed by atoms with Gasteiger partial charge in [0.1, 0.15) is 11.9 Å². The topological polar surface area (TPSA) is 46.6 Å². The van der Waals surface area contributed by atoms with E-state index < -0.39 is 10.0 Å². The molecule has 1 aromatic rings. The maximum atomic E-state index is 11.3. The molecule has 0 bridgehead atoms. The van der Waals surface area contributed by atoms with Gasteiger partial charge in [0.05, 0.1) is 12.8 Å². The van der Waals surface area contributed by atoms with Crippen molar-refractivity contribution in [3.63, 3.8) is 0 Å². The van der Waals surface area contributed by atoms with Crippen molar-refractivity contribution >= 4 is 10.0 Å². The first-order chi connectivity index (χ1) is 8.95. The summed E-state index contributed by atoms with van der Waals surface area (Å²) in [4.78, 5) is 0. The van der Waals surface area contributed by atoms with Crippen molar-refractivity contribution in [1.29, 1.82) is 0 Å². The quantitative estimate of drug-likeness (QED) is 0.857. The molecule has 1 saturated heterocycles. The summed E-state index contributed by atoms with van der Waals surface area (Å²) in [6, 6.07) is 7.80. The molecule has 0 aliphatic carbocycles. The third-order valence-corrected chi connectivity index (χ3v) is 4.17. The Hall–Kier alpha value is -1.07. The highest BCUT2D eigenvalue weighted by atomic mass is 32.2. The minimum Gasteiger partial charge on any atom is -0.489 e. The molecule has 4 nitrogen and oxygen atoms in total. The molecule has 1 fully saturated rings. The highest BCUT2D eigenvalue weighted by Crippen LogP contribution is 2.20. The zero-order valence-electron chi connectivity index (χ0n) is 12.1. The van der Waals surface area contributed by atoms with Crippen molar-refractivity contribution in [1.82, 2.24) is 4.31 Å². The standard InChI is InChI=1S/C12H17NO3S.C2H6/c1-10-3-5-11(6-4-10)16-12-7-8-13(9-12)17(2,14)15;1-2/h3-6,12H,7-9H2,1-2H3;1-2H3. The van der Waals surface area contributed by atoms with Crippen LogP contribution in [0.5, 0.6) is 5.75 Å². The minimum atomic E-state index is -3.08. The van der Waals surface area contributed by atoms with Gasteiger partial charge in [0.25, 0.3) is 0 Å². The van der Waals surface area contributed by atoms with Gasteiger partial charge in [-0.3, -0.25) is 0 Å². The van der Waals surface area contributed by atoms with Gasteiger partial charge in [-0.25, -0.2) is 8.42 Å². The largest absolute Gasteiger partial charge is 0.489 e. The third kappa shape index (κ3) is 4.84. The van der Waals surface area contributed by atoms with E-state index in [2.05, 4.69) is 0 Å². The van der Waals surface area contributed by atoms with E-state index in [0.29, 0.717) is 13.1 Å². The fourth-order valence-electron chi connectivity index (χ4n) is 1.90. The Kier molecular flexibility index (Phi) is 5.82. The molecule has 1 aliphatic heterocycles. The van der Waals surface area contributed by atoms with Crippen molar-refractivity contribution < 1.29 is 13.2 Å². The molecule has 108 valence electrons. The average Bonchev–Trinajstić information content (AvgIpc) is 2.83. The van der Waals surface area contributed by atoms with Gasteiger partial charge in [-0.05, 0) is 25.5 Å². The second kappa shape index (κ2) is 6.91. The molecule has 1 heterocycles. The Morgan fingerprint density at radius 2 is 1.79 bits per heavy atom. The number of ether oxygens (including phenoxy) is 1. The molecule has 0 amide bonds.